The molecule has 0 bridgehead atoms. The summed E-state index contributed by atoms with van der Waals surface area (Å²) in [4.78, 5) is 9.99. The van der Waals surface area contributed by atoms with Gasteiger partial charge in [0.1, 0.15) is 3.23 Å². The summed E-state index contributed by atoms with van der Waals surface area (Å²) < 4.78 is -0.366. The number of hydrogen-bond acceptors (Lipinski definition) is 2. The fourth-order valence-electron chi connectivity index (χ4n) is 0.904. The molecule has 0 unspecified atom stereocenters. The van der Waals surface area contributed by atoms with Gasteiger partial charge >= 0.3 is 0 Å². The van der Waals surface area contributed by atoms with E-state index in [0.29, 0.717) is 5.33 Å². The number of rotatable bonds is 3. The van der Waals surface area contributed by atoms with Crippen LogP contribution in [0.25, 0.3) is 0 Å². The molecule has 1 rings (SSSR count). The molecule has 0 fully saturated rings. The number of alkyl halides is 3. The lowest BCUT2D eigenvalue weighted by atomic mass is 10.1. The zero-order chi connectivity index (χ0) is 10.8. The quantitative estimate of drug-likeness (QED) is 0.448. The third-order valence-corrected chi connectivity index (χ3v) is 5.49. The number of halogens is 3. The molecule has 0 heterocycles. The van der Waals surface area contributed by atoms with Gasteiger partial charge in [0, 0.05) is 17.5 Å². The van der Waals surface area contributed by atoms with Crippen LogP contribution < -0.4 is 0 Å². The molecule has 0 radical (unpaired) electrons. The van der Waals surface area contributed by atoms with E-state index in [2.05, 4.69) is 47.8 Å². The zero-order valence-corrected chi connectivity index (χ0v) is 11.7. The molecule has 0 saturated heterocycles. The van der Waals surface area contributed by atoms with Gasteiger partial charge in [-0.25, -0.2) is 0 Å². The van der Waals surface area contributed by atoms with Crippen LogP contribution >= 0.6 is 47.8 Å². The second kappa shape index (κ2) is 4.72. The van der Waals surface area contributed by atoms with Crippen LogP contribution in [-0.4, -0.2) is 10.3 Å². The third kappa shape index (κ3) is 2.77. The third-order valence-electron chi connectivity index (χ3n) is 1.67. The minimum absolute atomic E-state index is 0.0964. The highest BCUT2D eigenvalue weighted by atomic mass is 79.9. The molecule has 1 aromatic carbocycles. The Labute approximate surface area is 106 Å². The fraction of sp³-hybridized carbons (Fsp3) is 0.250. The average Bonchev–Trinajstić information content (AvgIpc) is 2.18. The Bertz CT molecular complexity index is 337. The molecule has 6 heteroatoms. The van der Waals surface area contributed by atoms with E-state index in [4.69, 9.17) is 0 Å². The van der Waals surface area contributed by atoms with Gasteiger partial charge in [-0.05, 0) is 17.7 Å². The first-order chi connectivity index (χ1) is 6.47. The van der Waals surface area contributed by atoms with Crippen LogP contribution in [0.3, 0.4) is 0 Å². The fourth-order valence-corrected chi connectivity index (χ4v) is 1.76. The Morgan fingerprint density at radius 3 is 2.14 bits per heavy atom. The molecule has 0 aromatic heterocycles. The lowest BCUT2D eigenvalue weighted by Crippen LogP contribution is -2.09. The SMILES string of the molecule is O=[N+]([O-])c1ccc(C(Br)(Br)CBr)cc1. The zero-order valence-electron chi connectivity index (χ0n) is 6.91. The van der Waals surface area contributed by atoms with Crippen LogP contribution in [0.1, 0.15) is 5.56 Å². The van der Waals surface area contributed by atoms with E-state index >= 15 is 0 Å². The van der Waals surface area contributed by atoms with Crippen molar-refractivity contribution in [2.24, 2.45) is 0 Å². The van der Waals surface area contributed by atoms with Crippen molar-refractivity contribution >= 4 is 53.5 Å². The summed E-state index contributed by atoms with van der Waals surface area (Å²) in [6, 6.07) is 6.39. The summed E-state index contributed by atoms with van der Waals surface area (Å²) in [5.74, 6) is 0. The highest BCUT2D eigenvalue weighted by Crippen LogP contribution is 2.40. The molecule has 0 saturated carbocycles. The van der Waals surface area contributed by atoms with E-state index in [1.54, 1.807) is 12.1 Å². The summed E-state index contributed by atoms with van der Waals surface area (Å²) in [6.07, 6.45) is 0. The first kappa shape index (κ1) is 12.1. The maximum Gasteiger partial charge on any atom is 0.269 e. The number of benzene rings is 1. The number of nitrogens with zero attached hydrogens (tertiary/aromatic N) is 1. The van der Waals surface area contributed by atoms with Crippen molar-refractivity contribution in [2.45, 2.75) is 3.23 Å². The minimum atomic E-state index is -0.415. The van der Waals surface area contributed by atoms with Crippen LogP contribution in [0.15, 0.2) is 24.3 Å². The second-order valence-corrected chi connectivity index (χ2v) is 6.97. The van der Waals surface area contributed by atoms with Crippen molar-refractivity contribution in [3.8, 4) is 0 Å². The first-order valence-electron chi connectivity index (χ1n) is 3.66. The molecular formula is C8H6Br3NO2. The summed E-state index contributed by atoms with van der Waals surface area (Å²) in [5, 5.41) is 11.1. The maximum absolute atomic E-state index is 10.4. The van der Waals surface area contributed by atoms with Gasteiger partial charge in [0.15, 0.2) is 0 Å². The molecule has 0 aliphatic carbocycles. The maximum atomic E-state index is 10.4. The van der Waals surface area contributed by atoms with Gasteiger partial charge in [0.05, 0.1) is 4.92 Å². The summed E-state index contributed by atoms with van der Waals surface area (Å²) in [5.41, 5.74) is 1.03. The highest BCUT2D eigenvalue weighted by molar-refractivity contribution is 9.25. The Morgan fingerprint density at radius 2 is 1.79 bits per heavy atom. The Balaban J connectivity index is 2.99. The van der Waals surface area contributed by atoms with E-state index < -0.39 is 4.92 Å². The van der Waals surface area contributed by atoms with Gasteiger partial charge in [-0.1, -0.05) is 47.8 Å². The topological polar surface area (TPSA) is 43.1 Å². The first-order valence-corrected chi connectivity index (χ1v) is 6.37. The predicted octanol–water partition coefficient (Wildman–Crippen LogP) is 3.93. The van der Waals surface area contributed by atoms with Gasteiger partial charge in [0.25, 0.3) is 5.69 Å². The van der Waals surface area contributed by atoms with E-state index in [1.807, 2.05) is 0 Å². The average molecular weight is 388 g/mol. The molecule has 0 atom stereocenters. The predicted molar refractivity (Wildman–Crippen MR) is 66.4 cm³/mol. The Morgan fingerprint density at radius 1 is 1.29 bits per heavy atom. The van der Waals surface area contributed by atoms with Crippen LogP contribution in [0.5, 0.6) is 0 Å². The number of hydrogen-bond donors (Lipinski definition) is 0. The van der Waals surface area contributed by atoms with Crippen LogP contribution in [0.2, 0.25) is 0 Å². The van der Waals surface area contributed by atoms with Crippen LogP contribution in [0.4, 0.5) is 5.69 Å². The molecule has 0 aliphatic rings. The Kier molecular flexibility index (Phi) is 4.09. The van der Waals surface area contributed by atoms with Gasteiger partial charge in [0.2, 0.25) is 0 Å². The number of nitro groups is 1. The standard InChI is InChI=1S/C8H6Br3NO2/c9-5-8(10,11)6-1-3-7(4-2-6)12(13)14/h1-4H,5H2. The largest absolute Gasteiger partial charge is 0.269 e. The van der Waals surface area contributed by atoms with E-state index in [0.717, 1.165) is 5.56 Å². The molecule has 14 heavy (non-hydrogen) atoms. The molecule has 0 amide bonds. The van der Waals surface area contributed by atoms with Gasteiger partial charge in [-0.2, -0.15) is 0 Å². The Hall–Kier alpha value is 0.0600. The van der Waals surface area contributed by atoms with E-state index in [9.17, 15) is 10.1 Å². The lowest BCUT2D eigenvalue weighted by molar-refractivity contribution is -0.384. The number of non-ortho nitro benzene ring substituents is 1. The van der Waals surface area contributed by atoms with Crippen molar-refractivity contribution in [2.75, 3.05) is 5.33 Å². The van der Waals surface area contributed by atoms with E-state index in [-0.39, 0.29) is 8.92 Å². The van der Waals surface area contributed by atoms with Gasteiger partial charge in [-0.15, -0.1) is 0 Å². The molecule has 0 N–H and O–H groups in total. The molecule has 1 aromatic rings. The summed E-state index contributed by atoms with van der Waals surface area (Å²) in [6.45, 7) is 0. The summed E-state index contributed by atoms with van der Waals surface area (Å²) in [7, 11) is 0. The van der Waals surface area contributed by atoms with Crippen molar-refractivity contribution in [1.29, 1.82) is 0 Å². The molecule has 0 spiro atoms. The molecule has 76 valence electrons. The van der Waals surface area contributed by atoms with Gasteiger partial charge < -0.3 is 0 Å². The molecular weight excluding hydrogens is 382 g/mol. The van der Waals surface area contributed by atoms with Gasteiger partial charge in [-0.3, -0.25) is 10.1 Å². The van der Waals surface area contributed by atoms with Crippen LogP contribution in [0, 0.1) is 10.1 Å². The minimum Gasteiger partial charge on any atom is -0.258 e. The summed E-state index contributed by atoms with van der Waals surface area (Å²) >= 11 is 10.2. The smallest absolute Gasteiger partial charge is 0.258 e. The molecule has 0 aliphatic heterocycles. The van der Waals surface area contributed by atoms with Crippen LogP contribution in [-0.2, 0) is 3.23 Å². The van der Waals surface area contributed by atoms with E-state index in [1.165, 1.54) is 12.1 Å². The van der Waals surface area contributed by atoms with Crippen molar-refractivity contribution in [1.82, 2.24) is 0 Å². The molecule has 3 nitrogen and oxygen atoms in total. The normalized spacial score (nSPS) is 11.4. The highest BCUT2D eigenvalue weighted by Gasteiger charge is 2.24. The second-order valence-electron chi connectivity index (χ2n) is 2.64. The number of nitro benzene ring substituents is 1. The van der Waals surface area contributed by atoms with Crippen molar-refractivity contribution in [3.63, 3.8) is 0 Å². The van der Waals surface area contributed by atoms with Crippen molar-refractivity contribution < 1.29 is 4.92 Å². The monoisotopic (exact) mass is 385 g/mol. The lowest BCUT2D eigenvalue weighted by Gasteiger charge is -2.17. The van der Waals surface area contributed by atoms with Crippen molar-refractivity contribution in [3.05, 3.63) is 39.9 Å².